The van der Waals surface area contributed by atoms with Crippen LogP contribution in [0.2, 0.25) is 0 Å². The first kappa shape index (κ1) is 22.6. The van der Waals surface area contributed by atoms with Gasteiger partial charge in [0.05, 0.1) is 19.8 Å². The summed E-state index contributed by atoms with van der Waals surface area (Å²) in [5.74, 6) is 1.06. The van der Waals surface area contributed by atoms with Gasteiger partial charge in [-0.25, -0.2) is 9.59 Å². The second kappa shape index (κ2) is 10.4. The Morgan fingerprint density at radius 1 is 0.647 bits per heavy atom. The van der Waals surface area contributed by atoms with Gasteiger partial charge < -0.3 is 18.9 Å². The van der Waals surface area contributed by atoms with Gasteiger partial charge in [-0.2, -0.15) is 0 Å². The van der Waals surface area contributed by atoms with Crippen LogP contribution in [0, 0.1) is 0 Å². The SMILES string of the molecule is COc1ccc(C(=O)Oc2ccc(OC(=O)/C=C/c3ccc(OC)c4ccccc34)cc2)cc1. The molecule has 0 N–H and O–H groups in total. The molecule has 34 heavy (non-hydrogen) atoms. The Morgan fingerprint density at radius 3 is 1.91 bits per heavy atom. The molecule has 0 spiro atoms. The monoisotopic (exact) mass is 454 g/mol. The fourth-order valence-corrected chi connectivity index (χ4v) is 3.39. The average Bonchev–Trinajstić information content (AvgIpc) is 2.88. The zero-order chi connectivity index (χ0) is 23.9. The molecule has 0 atom stereocenters. The molecule has 0 aliphatic rings. The van der Waals surface area contributed by atoms with E-state index >= 15 is 0 Å². The standard InChI is InChI=1S/C28H22O6/c1-31-21-11-7-20(8-12-21)28(30)34-23-15-13-22(14-16-23)33-27(29)18-10-19-9-17-26(32-2)25-6-4-3-5-24(19)25/h3-18H,1-2H3/b18-10+. The van der Waals surface area contributed by atoms with Crippen LogP contribution in [0.4, 0.5) is 0 Å². The lowest BCUT2D eigenvalue weighted by Crippen LogP contribution is -2.08. The Morgan fingerprint density at radius 2 is 1.26 bits per heavy atom. The number of methoxy groups -OCH3 is 2. The highest BCUT2D eigenvalue weighted by atomic mass is 16.5. The number of ether oxygens (including phenoxy) is 4. The Kier molecular flexibility index (Phi) is 6.89. The third-order valence-corrected chi connectivity index (χ3v) is 5.12. The fraction of sp³-hybridized carbons (Fsp3) is 0.0714. The third-order valence-electron chi connectivity index (χ3n) is 5.12. The fourth-order valence-electron chi connectivity index (χ4n) is 3.39. The van der Waals surface area contributed by atoms with Crippen molar-refractivity contribution in [3.8, 4) is 23.0 Å². The van der Waals surface area contributed by atoms with E-state index in [1.807, 2.05) is 36.4 Å². The van der Waals surface area contributed by atoms with Crippen molar-refractivity contribution < 1.29 is 28.5 Å². The van der Waals surface area contributed by atoms with Crippen molar-refractivity contribution in [1.82, 2.24) is 0 Å². The quantitative estimate of drug-likeness (QED) is 0.203. The van der Waals surface area contributed by atoms with Crippen molar-refractivity contribution in [2.45, 2.75) is 0 Å². The maximum Gasteiger partial charge on any atom is 0.343 e. The summed E-state index contributed by atoms with van der Waals surface area (Å²) in [4.78, 5) is 24.6. The van der Waals surface area contributed by atoms with Gasteiger partial charge in [0, 0.05) is 11.5 Å². The third kappa shape index (κ3) is 5.24. The molecule has 0 radical (unpaired) electrons. The zero-order valence-corrected chi connectivity index (χ0v) is 18.7. The second-order valence-electron chi connectivity index (χ2n) is 7.25. The van der Waals surface area contributed by atoms with Crippen LogP contribution in [-0.2, 0) is 4.79 Å². The van der Waals surface area contributed by atoms with Crippen molar-refractivity contribution in [3.63, 3.8) is 0 Å². The minimum atomic E-state index is -0.525. The molecule has 0 aliphatic heterocycles. The van der Waals surface area contributed by atoms with E-state index in [1.54, 1.807) is 68.8 Å². The van der Waals surface area contributed by atoms with Gasteiger partial charge in [0.15, 0.2) is 0 Å². The van der Waals surface area contributed by atoms with Crippen LogP contribution in [0.3, 0.4) is 0 Å². The summed E-state index contributed by atoms with van der Waals surface area (Å²) in [6.07, 6.45) is 3.07. The predicted octanol–water partition coefficient (Wildman–Crippen LogP) is 5.70. The first-order valence-corrected chi connectivity index (χ1v) is 10.5. The molecule has 4 aromatic carbocycles. The first-order valence-electron chi connectivity index (χ1n) is 10.5. The van der Waals surface area contributed by atoms with Crippen molar-refractivity contribution in [2.24, 2.45) is 0 Å². The number of fused-ring (bicyclic) bond motifs is 1. The molecule has 6 heteroatoms. The number of esters is 2. The van der Waals surface area contributed by atoms with Crippen LogP contribution in [0.15, 0.2) is 91.0 Å². The van der Waals surface area contributed by atoms with Crippen molar-refractivity contribution in [2.75, 3.05) is 14.2 Å². The van der Waals surface area contributed by atoms with E-state index in [-0.39, 0.29) is 0 Å². The maximum absolute atomic E-state index is 12.3. The molecular formula is C28H22O6. The van der Waals surface area contributed by atoms with E-state index in [0.717, 1.165) is 22.1 Å². The predicted molar refractivity (Wildman–Crippen MR) is 130 cm³/mol. The molecule has 0 heterocycles. The van der Waals surface area contributed by atoms with Crippen LogP contribution in [0.1, 0.15) is 15.9 Å². The number of benzene rings is 4. The van der Waals surface area contributed by atoms with E-state index in [4.69, 9.17) is 18.9 Å². The van der Waals surface area contributed by atoms with E-state index in [1.165, 1.54) is 6.08 Å². The molecule has 0 amide bonds. The lowest BCUT2D eigenvalue weighted by atomic mass is 10.0. The minimum Gasteiger partial charge on any atom is -0.497 e. The molecule has 0 fully saturated rings. The van der Waals surface area contributed by atoms with Gasteiger partial charge in [-0.15, -0.1) is 0 Å². The van der Waals surface area contributed by atoms with Crippen LogP contribution < -0.4 is 18.9 Å². The molecule has 4 rings (SSSR count). The molecule has 4 aromatic rings. The number of hydrogen-bond donors (Lipinski definition) is 0. The molecule has 0 aliphatic carbocycles. The molecule has 170 valence electrons. The summed E-state index contributed by atoms with van der Waals surface area (Å²) < 4.78 is 21.2. The van der Waals surface area contributed by atoms with Gasteiger partial charge in [0.25, 0.3) is 0 Å². The largest absolute Gasteiger partial charge is 0.497 e. The topological polar surface area (TPSA) is 71.1 Å². The summed E-state index contributed by atoms with van der Waals surface area (Å²) in [6, 6.07) is 24.4. The van der Waals surface area contributed by atoms with Gasteiger partial charge in [-0.05, 0) is 71.6 Å². The number of rotatable bonds is 7. The summed E-state index contributed by atoms with van der Waals surface area (Å²) in [7, 11) is 3.18. The highest BCUT2D eigenvalue weighted by Gasteiger charge is 2.10. The van der Waals surface area contributed by atoms with Crippen molar-refractivity contribution >= 4 is 28.8 Å². The number of carbonyl (C=O) groups excluding carboxylic acids is 2. The molecular weight excluding hydrogens is 432 g/mol. The molecule has 0 bridgehead atoms. The molecule has 0 saturated heterocycles. The van der Waals surface area contributed by atoms with Crippen LogP contribution >= 0.6 is 0 Å². The Bertz CT molecular complexity index is 1340. The van der Waals surface area contributed by atoms with Gasteiger partial charge >= 0.3 is 11.9 Å². The molecule has 0 aromatic heterocycles. The summed E-state index contributed by atoms with van der Waals surface area (Å²) in [5, 5.41) is 1.93. The minimum absolute atomic E-state index is 0.332. The van der Waals surface area contributed by atoms with Gasteiger partial charge in [-0.1, -0.05) is 30.3 Å². The van der Waals surface area contributed by atoms with E-state index < -0.39 is 11.9 Å². The van der Waals surface area contributed by atoms with Gasteiger partial charge in [-0.3, -0.25) is 0 Å². The lowest BCUT2D eigenvalue weighted by molar-refractivity contribution is -0.128. The zero-order valence-electron chi connectivity index (χ0n) is 18.7. The van der Waals surface area contributed by atoms with Gasteiger partial charge in [0.1, 0.15) is 23.0 Å². The van der Waals surface area contributed by atoms with E-state index in [0.29, 0.717) is 22.8 Å². The van der Waals surface area contributed by atoms with Crippen LogP contribution in [0.25, 0.3) is 16.8 Å². The molecule has 0 unspecified atom stereocenters. The maximum atomic E-state index is 12.3. The van der Waals surface area contributed by atoms with Crippen molar-refractivity contribution in [1.29, 1.82) is 0 Å². The second-order valence-corrected chi connectivity index (χ2v) is 7.25. The summed E-state index contributed by atoms with van der Waals surface area (Å²) >= 11 is 0. The normalized spacial score (nSPS) is 10.8. The molecule has 6 nitrogen and oxygen atoms in total. The van der Waals surface area contributed by atoms with E-state index in [9.17, 15) is 9.59 Å². The van der Waals surface area contributed by atoms with E-state index in [2.05, 4.69) is 0 Å². The highest BCUT2D eigenvalue weighted by Crippen LogP contribution is 2.29. The summed E-state index contributed by atoms with van der Waals surface area (Å²) in [6.45, 7) is 0. The average molecular weight is 454 g/mol. The smallest absolute Gasteiger partial charge is 0.343 e. The highest BCUT2D eigenvalue weighted by molar-refractivity contribution is 5.98. The van der Waals surface area contributed by atoms with Crippen molar-refractivity contribution in [3.05, 3.63) is 102 Å². The van der Waals surface area contributed by atoms with Crippen LogP contribution in [-0.4, -0.2) is 26.2 Å². The van der Waals surface area contributed by atoms with Gasteiger partial charge in [0.2, 0.25) is 0 Å². The van der Waals surface area contributed by atoms with Crippen LogP contribution in [0.5, 0.6) is 23.0 Å². The summed E-state index contributed by atoms with van der Waals surface area (Å²) in [5.41, 5.74) is 1.27. The number of carbonyl (C=O) groups is 2. The Balaban J connectivity index is 1.39. The Hall–Kier alpha value is -4.58. The lowest BCUT2D eigenvalue weighted by Gasteiger charge is -2.08. The Labute approximate surface area is 197 Å². The number of hydrogen-bond acceptors (Lipinski definition) is 6. The molecule has 0 saturated carbocycles. The first-order chi connectivity index (χ1) is 16.6.